The average Bonchev–Trinajstić information content (AvgIpc) is 3.82. The molecule has 1 aromatic rings. The van der Waals surface area contributed by atoms with Crippen LogP contribution >= 0.6 is 0 Å². The molecular weight excluding hydrogens is 512 g/mol. The van der Waals surface area contributed by atoms with Crippen LogP contribution in [0.4, 0.5) is 0 Å². The molecule has 1 aromatic carbocycles. The number of hydrogen-bond acceptors (Lipinski definition) is 3. The highest BCUT2D eigenvalue weighted by Crippen LogP contribution is 2.36. The van der Waals surface area contributed by atoms with Crippen LogP contribution in [-0.2, 0) is 11.3 Å². The lowest BCUT2D eigenvalue weighted by atomic mass is 9.89. The van der Waals surface area contributed by atoms with Gasteiger partial charge in [-0.15, -0.1) is 0 Å². The van der Waals surface area contributed by atoms with Crippen molar-refractivity contribution in [1.29, 1.82) is 0 Å². The molecule has 1 saturated carbocycles. The molecule has 0 radical (unpaired) electrons. The van der Waals surface area contributed by atoms with E-state index in [0.717, 1.165) is 62.3 Å². The Morgan fingerprint density at radius 1 is 1.02 bits per heavy atom. The fraction of sp³-hybridized carbons (Fsp3) is 0.487. The van der Waals surface area contributed by atoms with E-state index in [2.05, 4.69) is 91.9 Å². The van der Waals surface area contributed by atoms with E-state index in [1.54, 1.807) is 0 Å². The lowest BCUT2D eigenvalue weighted by molar-refractivity contribution is -0.116. The third kappa shape index (κ3) is 7.79. The third-order valence-corrected chi connectivity index (χ3v) is 9.31. The van der Waals surface area contributed by atoms with Crippen LogP contribution in [0.25, 0.3) is 11.3 Å². The minimum absolute atomic E-state index is 0.316. The molecule has 0 aromatic heterocycles. The lowest BCUT2D eigenvalue weighted by Gasteiger charge is -2.30. The van der Waals surface area contributed by atoms with Crippen LogP contribution in [0, 0.1) is 17.8 Å². The van der Waals surface area contributed by atoms with Gasteiger partial charge in [0.1, 0.15) is 0 Å². The van der Waals surface area contributed by atoms with Crippen molar-refractivity contribution in [3.8, 4) is 0 Å². The molecular formula is C39H50N2O. The first-order valence-electron chi connectivity index (χ1n) is 16.5. The highest BCUT2D eigenvalue weighted by molar-refractivity contribution is 5.98. The molecule has 1 fully saturated rings. The van der Waals surface area contributed by atoms with Gasteiger partial charge in [-0.05, 0) is 95.9 Å². The number of carbonyl (C=O) groups is 1. The van der Waals surface area contributed by atoms with Gasteiger partial charge >= 0.3 is 0 Å². The smallest absolute Gasteiger partial charge is 0.161 e. The normalized spacial score (nSPS) is 21.2. The number of fused-ring (bicyclic) bond motifs is 1. The number of ketones is 1. The first-order chi connectivity index (χ1) is 20.4. The first kappa shape index (κ1) is 30.3. The maximum absolute atomic E-state index is 12.7. The fourth-order valence-corrected chi connectivity index (χ4v) is 6.55. The standard InChI is InChI=1S/C39H50N2O/c1-28(2)10-6-5-7-11-29(3)36-21-20-31(15-14-30(36)4)34-18-19-35-27-40-23-22-38(37(35)26-34)41-24-8-12-32(13-9-25-41)39(42)33-16-17-33/h12,14-15,18-23,26,28-29,33H,4-11,13,16-17,24-25,27H2,1-3H3/b32-12-/t29-/m1/s1. The van der Waals surface area contributed by atoms with E-state index in [-0.39, 0.29) is 0 Å². The van der Waals surface area contributed by atoms with Gasteiger partial charge in [0.25, 0.3) is 0 Å². The molecule has 0 N–H and O–H groups in total. The third-order valence-electron chi connectivity index (χ3n) is 9.31. The SMILES string of the molecule is C=C1C=CC(c2ccc3c(c2)C(N2CC/C=C(\C(=O)C4CC4)CCC2)=CC=NC3)=CC=C1[C@H](C)CCCCCC(C)C. The highest BCUT2D eigenvalue weighted by atomic mass is 16.1. The van der Waals surface area contributed by atoms with Gasteiger partial charge in [-0.2, -0.15) is 0 Å². The second-order valence-electron chi connectivity index (χ2n) is 13.2. The minimum Gasteiger partial charge on any atom is -0.371 e. The molecule has 2 heterocycles. The average molecular weight is 563 g/mol. The maximum atomic E-state index is 12.7. The molecule has 0 spiro atoms. The Labute approximate surface area is 254 Å². The van der Waals surface area contributed by atoms with Crippen molar-refractivity contribution in [3.63, 3.8) is 0 Å². The Bertz CT molecular complexity index is 1340. The van der Waals surface area contributed by atoms with E-state index in [0.29, 0.717) is 24.2 Å². The monoisotopic (exact) mass is 562 g/mol. The predicted octanol–water partition coefficient (Wildman–Crippen LogP) is 9.68. The van der Waals surface area contributed by atoms with Crippen molar-refractivity contribution in [2.75, 3.05) is 13.1 Å². The largest absolute Gasteiger partial charge is 0.371 e. The number of Topliss-reactive ketones (excluding diaryl/α,β-unsaturated/α-hetero) is 1. The summed E-state index contributed by atoms with van der Waals surface area (Å²) in [7, 11) is 0. The van der Waals surface area contributed by atoms with E-state index in [4.69, 9.17) is 0 Å². The van der Waals surface area contributed by atoms with Gasteiger partial charge in [0, 0.05) is 36.5 Å². The van der Waals surface area contributed by atoms with Gasteiger partial charge in [-0.3, -0.25) is 9.79 Å². The molecule has 42 heavy (non-hydrogen) atoms. The van der Waals surface area contributed by atoms with E-state index in [1.165, 1.54) is 65.6 Å². The van der Waals surface area contributed by atoms with E-state index < -0.39 is 0 Å². The van der Waals surface area contributed by atoms with Crippen LogP contribution in [-0.4, -0.2) is 30.0 Å². The predicted molar refractivity (Wildman–Crippen MR) is 179 cm³/mol. The summed E-state index contributed by atoms with van der Waals surface area (Å²) in [5.41, 5.74) is 9.83. The van der Waals surface area contributed by atoms with Gasteiger partial charge in [-0.25, -0.2) is 0 Å². The van der Waals surface area contributed by atoms with Crippen LogP contribution in [0.2, 0.25) is 0 Å². The quantitative estimate of drug-likeness (QED) is 0.252. The van der Waals surface area contributed by atoms with Crippen molar-refractivity contribution in [2.45, 2.75) is 91.5 Å². The first-order valence-corrected chi connectivity index (χ1v) is 16.5. The molecule has 222 valence electrons. The highest BCUT2D eigenvalue weighted by Gasteiger charge is 2.31. The maximum Gasteiger partial charge on any atom is 0.161 e. The molecule has 4 aliphatic rings. The molecule has 0 saturated heterocycles. The Balaban J connectivity index is 1.31. The minimum atomic E-state index is 0.316. The number of aliphatic imine (C=N–C) groups is 1. The van der Waals surface area contributed by atoms with Crippen LogP contribution in [0.1, 0.15) is 102 Å². The van der Waals surface area contributed by atoms with Crippen molar-refractivity contribution in [2.24, 2.45) is 22.7 Å². The molecule has 1 atom stereocenters. The molecule has 0 unspecified atom stereocenters. The molecule has 5 rings (SSSR count). The van der Waals surface area contributed by atoms with Crippen LogP contribution in [0.5, 0.6) is 0 Å². The van der Waals surface area contributed by atoms with Crippen molar-refractivity contribution in [3.05, 3.63) is 94.6 Å². The number of allylic oxidation sites excluding steroid dienone is 9. The molecule has 2 aliphatic heterocycles. The number of carbonyl (C=O) groups excluding carboxylic acids is 1. The van der Waals surface area contributed by atoms with Gasteiger partial charge in [0.15, 0.2) is 5.78 Å². The van der Waals surface area contributed by atoms with Crippen LogP contribution < -0.4 is 0 Å². The van der Waals surface area contributed by atoms with Crippen molar-refractivity contribution in [1.82, 2.24) is 4.90 Å². The number of rotatable bonds is 11. The zero-order chi connectivity index (χ0) is 29.5. The molecule has 0 bridgehead atoms. The summed E-state index contributed by atoms with van der Waals surface area (Å²) in [5, 5.41) is 0. The van der Waals surface area contributed by atoms with Gasteiger partial charge in [0.05, 0.1) is 6.54 Å². The van der Waals surface area contributed by atoms with E-state index in [9.17, 15) is 4.79 Å². The summed E-state index contributed by atoms with van der Waals surface area (Å²) in [5.74, 6) is 2.04. The number of unbranched alkanes of at least 4 members (excludes halogenated alkanes) is 2. The molecule has 3 heteroatoms. The Morgan fingerprint density at radius 3 is 2.67 bits per heavy atom. The number of nitrogens with zero attached hydrogens (tertiary/aromatic N) is 2. The summed E-state index contributed by atoms with van der Waals surface area (Å²) < 4.78 is 0. The summed E-state index contributed by atoms with van der Waals surface area (Å²) >= 11 is 0. The van der Waals surface area contributed by atoms with Crippen LogP contribution in [0.15, 0.2) is 82.9 Å². The zero-order valence-electron chi connectivity index (χ0n) is 26.2. The van der Waals surface area contributed by atoms with E-state index in [1.807, 2.05) is 6.21 Å². The number of hydrogen-bond donors (Lipinski definition) is 0. The summed E-state index contributed by atoms with van der Waals surface area (Å²) in [6.45, 7) is 14.0. The van der Waals surface area contributed by atoms with E-state index >= 15 is 0 Å². The summed E-state index contributed by atoms with van der Waals surface area (Å²) in [6, 6.07) is 6.87. The topological polar surface area (TPSA) is 32.7 Å². The summed E-state index contributed by atoms with van der Waals surface area (Å²) in [6.07, 6.45) is 26.9. The van der Waals surface area contributed by atoms with Gasteiger partial charge in [0.2, 0.25) is 0 Å². The molecule has 0 amide bonds. The Morgan fingerprint density at radius 2 is 1.86 bits per heavy atom. The second-order valence-corrected chi connectivity index (χ2v) is 13.2. The molecule has 3 nitrogen and oxygen atoms in total. The second kappa shape index (κ2) is 14.3. The zero-order valence-corrected chi connectivity index (χ0v) is 26.2. The van der Waals surface area contributed by atoms with Crippen molar-refractivity contribution < 1.29 is 4.79 Å². The summed E-state index contributed by atoms with van der Waals surface area (Å²) in [4.78, 5) is 19.8. The molecule has 2 aliphatic carbocycles. The number of benzene rings is 1. The van der Waals surface area contributed by atoms with Gasteiger partial charge < -0.3 is 4.90 Å². The van der Waals surface area contributed by atoms with Crippen molar-refractivity contribution >= 4 is 23.3 Å². The van der Waals surface area contributed by atoms with Crippen LogP contribution in [0.3, 0.4) is 0 Å². The Hall–Kier alpha value is -3.20. The fourth-order valence-electron chi connectivity index (χ4n) is 6.55. The lowest BCUT2D eigenvalue weighted by Crippen LogP contribution is -2.27. The Kier molecular flexibility index (Phi) is 10.3. The van der Waals surface area contributed by atoms with Gasteiger partial charge in [-0.1, -0.05) is 95.5 Å².